The van der Waals surface area contributed by atoms with Gasteiger partial charge in [0.15, 0.2) is 0 Å². The van der Waals surface area contributed by atoms with Crippen molar-refractivity contribution in [3.8, 4) is 0 Å². The Hall–Kier alpha value is -1.78. The van der Waals surface area contributed by atoms with Crippen LogP contribution in [-0.4, -0.2) is 22.6 Å². The highest BCUT2D eigenvalue weighted by Gasteiger charge is 1.99. The van der Waals surface area contributed by atoms with E-state index in [9.17, 15) is 4.79 Å². The van der Waals surface area contributed by atoms with Crippen LogP contribution in [-0.2, 0) is 4.79 Å². The van der Waals surface area contributed by atoms with E-state index in [-0.39, 0.29) is 6.54 Å². The molecule has 0 bridgehead atoms. The number of nitrogens with two attached hydrogens (primary N) is 1. The van der Waals surface area contributed by atoms with Crippen molar-refractivity contribution in [1.29, 1.82) is 0 Å². The molecule has 0 aromatic carbocycles. The molecule has 0 atom stereocenters. The quantitative estimate of drug-likeness (QED) is 0.630. The number of nitrogens with zero attached hydrogens (tertiary/aromatic N) is 1. The molecule has 1 rings (SSSR count). The molecule has 0 aliphatic rings. The number of aliphatic carboxylic acids is 1. The lowest BCUT2D eigenvalue weighted by Gasteiger charge is -2.04. The first-order valence-corrected chi connectivity index (χ1v) is 3.77. The van der Waals surface area contributed by atoms with Gasteiger partial charge in [0.25, 0.3) is 0 Å². The summed E-state index contributed by atoms with van der Waals surface area (Å²) in [5.41, 5.74) is 7.01. The third kappa shape index (κ3) is 2.62. The Morgan fingerprint density at radius 3 is 3.00 bits per heavy atom. The number of carboxylic acids is 1. The maximum Gasteiger partial charge on any atom is 0.322 e. The van der Waals surface area contributed by atoms with Crippen molar-refractivity contribution in [1.82, 2.24) is 4.98 Å². The molecule has 1 heterocycles. The Labute approximate surface area is 75.6 Å². The van der Waals surface area contributed by atoms with Gasteiger partial charge >= 0.3 is 5.97 Å². The predicted molar refractivity (Wildman–Crippen MR) is 49.5 cm³/mol. The lowest BCUT2D eigenvalue weighted by atomic mass is 10.2. The molecule has 5 nitrogen and oxygen atoms in total. The van der Waals surface area contributed by atoms with E-state index in [0.717, 1.165) is 5.56 Å². The predicted octanol–water partition coefficient (Wildman–Crippen LogP) is 0.469. The lowest BCUT2D eigenvalue weighted by molar-refractivity contribution is -0.134. The summed E-state index contributed by atoms with van der Waals surface area (Å²) in [6, 6.07) is 1.71. The van der Waals surface area contributed by atoms with Gasteiger partial charge < -0.3 is 16.2 Å². The van der Waals surface area contributed by atoms with Gasteiger partial charge in [-0.1, -0.05) is 0 Å². The highest BCUT2D eigenvalue weighted by Crippen LogP contribution is 2.12. The van der Waals surface area contributed by atoms with Crippen LogP contribution in [0.15, 0.2) is 12.3 Å². The number of aryl methyl sites for hydroxylation is 1. The summed E-state index contributed by atoms with van der Waals surface area (Å²) in [6.07, 6.45) is 1.50. The van der Waals surface area contributed by atoms with Crippen molar-refractivity contribution in [2.45, 2.75) is 6.92 Å². The second-order valence-corrected chi connectivity index (χ2v) is 2.67. The number of nitrogen functional groups attached to an aromatic ring is 1. The third-order valence-corrected chi connectivity index (χ3v) is 1.57. The van der Waals surface area contributed by atoms with E-state index in [0.29, 0.717) is 11.5 Å². The molecule has 70 valence electrons. The third-order valence-electron chi connectivity index (χ3n) is 1.57. The number of rotatable bonds is 3. The molecule has 0 radical (unpaired) electrons. The fourth-order valence-electron chi connectivity index (χ4n) is 0.829. The zero-order valence-electron chi connectivity index (χ0n) is 7.24. The minimum atomic E-state index is -0.920. The van der Waals surface area contributed by atoms with Crippen LogP contribution in [0.3, 0.4) is 0 Å². The fraction of sp³-hybridized carbons (Fsp3) is 0.250. The van der Waals surface area contributed by atoms with E-state index < -0.39 is 5.97 Å². The molecule has 13 heavy (non-hydrogen) atoms. The van der Waals surface area contributed by atoms with Gasteiger partial charge in [-0.25, -0.2) is 4.98 Å². The summed E-state index contributed by atoms with van der Waals surface area (Å²) < 4.78 is 0. The first-order valence-electron chi connectivity index (χ1n) is 3.77. The monoisotopic (exact) mass is 181 g/mol. The number of aromatic nitrogens is 1. The fourth-order valence-corrected chi connectivity index (χ4v) is 0.829. The van der Waals surface area contributed by atoms with Gasteiger partial charge in [0.1, 0.15) is 12.4 Å². The molecule has 0 unspecified atom stereocenters. The summed E-state index contributed by atoms with van der Waals surface area (Å²) in [7, 11) is 0. The molecule has 0 saturated heterocycles. The van der Waals surface area contributed by atoms with E-state index in [4.69, 9.17) is 10.8 Å². The van der Waals surface area contributed by atoms with E-state index >= 15 is 0 Å². The number of nitrogens with one attached hydrogen (secondary N) is 1. The number of pyridine rings is 1. The largest absolute Gasteiger partial charge is 0.480 e. The number of hydrogen-bond acceptors (Lipinski definition) is 4. The van der Waals surface area contributed by atoms with Crippen LogP contribution in [0.4, 0.5) is 11.5 Å². The molecule has 0 aliphatic heterocycles. The number of carbonyl (C=O) groups is 1. The van der Waals surface area contributed by atoms with E-state index in [1.807, 2.05) is 6.92 Å². The van der Waals surface area contributed by atoms with Gasteiger partial charge in [0, 0.05) is 0 Å². The second kappa shape index (κ2) is 3.75. The van der Waals surface area contributed by atoms with Crippen LogP contribution >= 0.6 is 0 Å². The molecule has 4 N–H and O–H groups in total. The first kappa shape index (κ1) is 9.31. The van der Waals surface area contributed by atoms with Crippen LogP contribution in [0.25, 0.3) is 0 Å². The average Bonchev–Trinajstić information content (AvgIpc) is 2.07. The lowest BCUT2D eigenvalue weighted by Crippen LogP contribution is -2.13. The van der Waals surface area contributed by atoms with Crippen molar-refractivity contribution < 1.29 is 9.90 Å². The van der Waals surface area contributed by atoms with Gasteiger partial charge in [0.2, 0.25) is 0 Å². The average molecular weight is 181 g/mol. The number of anilines is 2. The topological polar surface area (TPSA) is 88.2 Å². The van der Waals surface area contributed by atoms with Crippen LogP contribution in [0.1, 0.15) is 5.56 Å². The van der Waals surface area contributed by atoms with Gasteiger partial charge in [-0.2, -0.15) is 0 Å². The zero-order valence-corrected chi connectivity index (χ0v) is 7.24. The summed E-state index contributed by atoms with van der Waals surface area (Å²) in [5.74, 6) is -0.398. The molecule has 0 amide bonds. The smallest absolute Gasteiger partial charge is 0.322 e. The summed E-state index contributed by atoms with van der Waals surface area (Å²) >= 11 is 0. The second-order valence-electron chi connectivity index (χ2n) is 2.67. The summed E-state index contributed by atoms with van der Waals surface area (Å²) in [6.45, 7) is 1.69. The normalized spacial score (nSPS) is 9.62. The van der Waals surface area contributed by atoms with Gasteiger partial charge in [-0.15, -0.1) is 0 Å². The molecule has 5 heteroatoms. The van der Waals surface area contributed by atoms with Crippen LogP contribution < -0.4 is 11.1 Å². The summed E-state index contributed by atoms with van der Waals surface area (Å²) in [5, 5.41) is 11.0. The SMILES string of the molecule is Cc1cc(NCC(=O)O)ncc1N. The van der Waals surface area contributed by atoms with Crippen molar-refractivity contribution in [2.24, 2.45) is 0 Å². The highest BCUT2D eigenvalue weighted by molar-refractivity contribution is 5.72. The molecule has 1 aromatic rings. The first-order chi connectivity index (χ1) is 6.09. The maximum absolute atomic E-state index is 10.2. The van der Waals surface area contributed by atoms with Crippen LogP contribution in [0.2, 0.25) is 0 Å². The molecular weight excluding hydrogens is 170 g/mol. The molecule has 0 saturated carbocycles. The standard InChI is InChI=1S/C8H11N3O2/c1-5-2-7(10-3-6(5)9)11-4-8(12)13/h2-3H,4,9H2,1H3,(H,10,11)(H,12,13). The van der Waals surface area contributed by atoms with Gasteiger partial charge in [-0.3, -0.25) is 4.79 Å². The van der Waals surface area contributed by atoms with E-state index in [1.165, 1.54) is 6.20 Å². The molecule has 0 fully saturated rings. The molecule has 0 spiro atoms. The van der Waals surface area contributed by atoms with E-state index in [1.54, 1.807) is 6.07 Å². The van der Waals surface area contributed by atoms with Crippen LogP contribution in [0.5, 0.6) is 0 Å². The Kier molecular flexibility index (Phi) is 2.69. The minimum absolute atomic E-state index is 0.143. The van der Waals surface area contributed by atoms with Crippen molar-refractivity contribution in [2.75, 3.05) is 17.6 Å². The van der Waals surface area contributed by atoms with Crippen molar-refractivity contribution in [3.63, 3.8) is 0 Å². The molecule has 1 aromatic heterocycles. The minimum Gasteiger partial charge on any atom is -0.480 e. The Morgan fingerprint density at radius 2 is 2.46 bits per heavy atom. The number of hydrogen-bond donors (Lipinski definition) is 3. The Bertz CT molecular complexity index is 325. The van der Waals surface area contributed by atoms with E-state index in [2.05, 4.69) is 10.3 Å². The highest BCUT2D eigenvalue weighted by atomic mass is 16.4. The number of carboxylic acid groups (broad SMARTS) is 1. The summed E-state index contributed by atoms with van der Waals surface area (Å²) in [4.78, 5) is 14.1. The zero-order chi connectivity index (χ0) is 9.84. The van der Waals surface area contributed by atoms with Crippen molar-refractivity contribution in [3.05, 3.63) is 17.8 Å². The Morgan fingerprint density at radius 1 is 1.77 bits per heavy atom. The van der Waals surface area contributed by atoms with Gasteiger partial charge in [-0.05, 0) is 18.6 Å². The van der Waals surface area contributed by atoms with Crippen molar-refractivity contribution >= 4 is 17.5 Å². The molecule has 0 aliphatic carbocycles. The van der Waals surface area contributed by atoms with Gasteiger partial charge in [0.05, 0.1) is 11.9 Å². The maximum atomic E-state index is 10.2. The van der Waals surface area contributed by atoms with Crippen LogP contribution in [0, 0.1) is 6.92 Å². The molecular formula is C8H11N3O2. The Balaban J connectivity index is 2.68.